The van der Waals surface area contributed by atoms with Crippen LogP contribution < -0.4 is 4.74 Å². The van der Waals surface area contributed by atoms with Gasteiger partial charge in [0.2, 0.25) is 0 Å². The molecule has 0 amide bonds. The molecule has 0 aliphatic heterocycles. The highest BCUT2D eigenvalue weighted by Gasteiger charge is 2.41. The molecule has 0 atom stereocenters. The lowest BCUT2D eigenvalue weighted by Gasteiger charge is -2.28. The van der Waals surface area contributed by atoms with Crippen LogP contribution in [0.4, 0.5) is 35.1 Å². The van der Waals surface area contributed by atoms with Gasteiger partial charge in [0.25, 0.3) is 0 Å². The van der Waals surface area contributed by atoms with E-state index < -0.39 is 57.9 Å². The van der Waals surface area contributed by atoms with Gasteiger partial charge < -0.3 is 4.74 Å². The maximum absolute atomic E-state index is 15.2. The first kappa shape index (κ1) is 32.7. The van der Waals surface area contributed by atoms with Gasteiger partial charge in [-0.25, -0.2) is 36.3 Å². The van der Waals surface area contributed by atoms with Gasteiger partial charge in [-0.3, -0.25) is 0 Å². The Morgan fingerprint density at radius 1 is 0.778 bits per heavy atom. The lowest BCUT2D eigenvalue weighted by molar-refractivity contribution is -0.189. The van der Waals surface area contributed by atoms with E-state index >= 15 is 4.39 Å². The minimum Gasteiger partial charge on any atom is -0.429 e. The van der Waals surface area contributed by atoms with Crippen molar-refractivity contribution < 1.29 is 39.9 Å². The Morgan fingerprint density at radius 3 is 1.96 bits per heavy atom. The van der Waals surface area contributed by atoms with Crippen molar-refractivity contribution in [2.45, 2.75) is 62.7 Å². The molecule has 1 aliphatic carbocycles. The molecule has 45 heavy (non-hydrogen) atoms. The summed E-state index contributed by atoms with van der Waals surface area (Å²) >= 11 is 2.04. The number of unbranched alkanes of at least 4 members (excludes halogenated alkanes) is 1. The topological polar surface area (TPSA) is 35.0 Å². The van der Waals surface area contributed by atoms with E-state index in [9.17, 15) is 30.7 Å². The van der Waals surface area contributed by atoms with E-state index in [2.05, 4.69) is 21.6 Å². The number of alkyl halides is 2. The highest BCUT2D eigenvalue weighted by Crippen LogP contribution is 2.39. The van der Waals surface area contributed by atoms with E-state index in [4.69, 9.17) is 0 Å². The number of thioether (sulfide) groups is 1. The van der Waals surface area contributed by atoms with E-state index in [1.807, 2.05) is 11.8 Å². The van der Waals surface area contributed by atoms with Gasteiger partial charge in [-0.15, -0.1) is 0 Å². The summed E-state index contributed by atoms with van der Waals surface area (Å²) in [6.07, 6.45) is 5.46. The summed E-state index contributed by atoms with van der Waals surface area (Å²) in [5, 5.41) is 0.677. The second-order valence-electron chi connectivity index (χ2n) is 10.9. The van der Waals surface area contributed by atoms with Crippen molar-refractivity contribution in [3.05, 3.63) is 101 Å². The largest absolute Gasteiger partial charge is 0.432 e. The van der Waals surface area contributed by atoms with Crippen molar-refractivity contribution in [2.24, 2.45) is 0 Å². The van der Waals surface area contributed by atoms with Gasteiger partial charge >= 0.3 is 6.11 Å². The van der Waals surface area contributed by atoms with E-state index in [0.29, 0.717) is 28.9 Å². The fourth-order valence-electron chi connectivity index (χ4n) is 5.34. The first-order valence-electron chi connectivity index (χ1n) is 14.4. The summed E-state index contributed by atoms with van der Waals surface area (Å²) in [4.78, 5) is 8.79. The zero-order valence-corrected chi connectivity index (χ0v) is 24.9. The molecular formula is C33H28F8N2OS. The molecule has 0 saturated heterocycles. The maximum Gasteiger partial charge on any atom is 0.432 e. The first-order valence-corrected chi connectivity index (χ1v) is 15.5. The number of hydrogen-bond donors (Lipinski definition) is 0. The Labute approximate surface area is 259 Å². The average molecular weight is 653 g/mol. The van der Waals surface area contributed by atoms with Gasteiger partial charge in [-0.05, 0) is 73.1 Å². The minimum atomic E-state index is -4.76. The predicted octanol–water partition coefficient (Wildman–Crippen LogP) is 10.3. The van der Waals surface area contributed by atoms with E-state index in [1.54, 1.807) is 12.4 Å². The monoisotopic (exact) mass is 652 g/mol. The second-order valence-corrected chi connectivity index (χ2v) is 12.3. The fourth-order valence-corrected chi connectivity index (χ4v) is 6.73. The minimum absolute atomic E-state index is 0.102. The smallest absolute Gasteiger partial charge is 0.429 e. The second kappa shape index (κ2) is 13.8. The predicted molar refractivity (Wildman–Crippen MR) is 156 cm³/mol. The Hall–Kier alpha value is -3.67. The van der Waals surface area contributed by atoms with Crippen molar-refractivity contribution in [1.82, 2.24) is 9.97 Å². The van der Waals surface area contributed by atoms with Crippen molar-refractivity contribution in [3.8, 4) is 28.3 Å². The van der Waals surface area contributed by atoms with Crippen molar-refractivity contribution in [1.29, 1.82) is 0 Å². The number of hydrogen-bond acceptors (Lipinski definition) is 4. The molecule has 1 heterocycles. The summed E-state index contributed by atoms with van der Waals surface area (Å²) in [5.41, 5.74) is -1.26. The van der Waals surface area contributed by atoms with Gasteiger partial charge in [-0.1, -0.05) is 25.5 Å². The van der Waals surface area contributed by atoms with Gasteiger partial charge in [-0.2, -0.15) is 20.5 Å². The summed E-state index contributed by atoms with van der Waals surface area (Å²) in [6.45, 7) is 2.19. The fraction of sp³-hybridized carbons (Fsp3) is 0.333. The molecular weight excluding hydrogens is 624 g/mol. The van der Waals surface area contributed by atoms with Crippen molar-refractivity contribution >= 4 is 11.8 Å². The maximum atomic E-state index is 15.2. The van der Waals surface area contributed by atoms with Gasteiger partial charge in [0.1, 0.15) is 28.8 Å². The van der Waals surface area contributed by atoms with Crippen LogP contribution in [0.1, 0.15) is 62.5 Å². The molecule has 238 valence electrons. The Kier molecular flexibility index (Phi) is 10.0. The molecule has 3 nitrogen and oxygen atoms in total. The average Bonchev–Trinajstić information content (AvgIpc) is 2.99. The van der Waals surface area contributed by atoms with Gasteiger partial charge in [0.15, 0.2) is 23.3 Å². The molecule has 3 aromatic carbocycles. The molecule has 12 heteroatoms. The Balaban J connectivity index is 1.30. The van der Waals surface area contributed by atoms with Gasteiger partial charge in [0.05, 0.1) is 0 Å². The molecule has 0 unspecified atom stereocenters. The van der Waals surface area contributed by atoms with Crippen LogP contribution in [-0.4, -0.2) is 21.0 Å². The number of halogens is 8. The number of ether oxygens (including phenoxy) is 1. The third-order valence-electron chi connectivity index (χ3n) is 7.74. The summed E-state index contributed by atoms with van der Waals surface area (Å²) in [7, 11) is 0. The molecule has 5 rings (SSSR count). The highest BCUT2D eigenvalue weighted by atomic mass is 32.2. The molecule has 1 aliphatic rings. The third-order valence-corrected chi connectivity index (χ3v) is 9.21. The van der Waals surface area contributed by atoms with E-state index in [1.165, 1.54) is 30.7 Å². The zero-order valence-electron chi connectivity index (χ0n) is 24.0. The lowest BCUT2D eigenvalue weighted by Crippen LogP contribution is -2.25. The quantitative estimate of drug-likeness (QED) is 0.0970. The van der Waals surface area contributed by atoms with E-state index in [-0.39, 0.29) is 23.5 Å². The van der Waals surface area contributed by atoms with Crippen LogP contribution in [0.15, 0.2) is 54.9 Å². The van der Waals surface area contributed by atoms with Crippen molar-refractivity contribution in [3.63, 3.8) is 0 Å². The number of rotatable bonds is 10. The van der Waals surface area contributed by atoms with Crippen molar-refractivity contribution in [2.75, 3.05) is 5.75 Å². The molecule has 1 aromatic heterocycles. The number of aromatic nitrogens is 2. The first-order chi connectivity index (χ1) is 21.5. The SMILES string of the molecule is CCCCSC1CCC(c2cnc(-c3ccc(-c4cc(F)c(C(F)(F)Oc5cc(F)c(F)c(F)c5)c(F)c4)c(F)c3)nc2)CC1. The van der Waals surface area contributed by atoms with Crippen LogP contribution in [-0.2, 0) is 6.11 Å². The standard InChI is InChI=1S/C33H28F8N2OS/c1-2-3-10-45-23-7-4-18(5-8-23)21-16-42-32(43-17-21)19-6-9-24(25(34)11-19)20-12-26(35)30(27(36)13-20)33(40,41)44-22-14-28(37)31(39)29(38)15-22/h6,9,11-18,23H,2-5,7-8,10H2,1H3. The Bertz CT molecular complexity index is 1610. The number of benzene rings is 3. The van der Waals surface area contributed by atoms with Crippen LogP contribution in [0.25, 0.3) is 22.5 Å². The third kappa shape index (κ3) is 7.43. The van der Waals surface area contributed by atoms with Crippen LogP contribution in [0.5, 0.6) is 5.75 Å². The Morgan fingerprint density at radius 2 is 1.38 bits per heavy atom. The summed E-state index contributed by atoms with van der Waals surface area (Å²) in [6, 6.07) is 4.87. The molecule has 4 aromatic rings. The van der Waals surface area contributed by atoms with Crippen LogP contribution in [0, 0.1) is 34.9 Å². The molecule has 0 bridgehead atoms. The summed E-state index contributed by atoms with van der Waals surface area (Å²) < 4.78 is 118. The van der Waals surface area contributed by atoms with Crippen LogP contribution in [0.2, 0.25) is 0 Å². The van der Waals surface area contributed by atoms with Crippen LogP contribution in [0.3, 0.4) is 0 Å². The molecule has 1 saturated carbocycles. The molecule has 0 N–H and O–H groups in total. The number of nitrogens with zero attached hydrogens (tertiary/aromatic N) is 2. The summed E-state index contributed by atoms with van der Waals surface area (Å²) in [5.74, 6) is -9.58. The van der Waals surface area contributed by atoms with Crippen LogP contribution >= 0.6 is 11.8 Å². The molecule has 0 radical (unpaired) electrons. The lowest BCUT2D eigenvalue weighted by atomic mass is 9.85. The highest BCUT2D eigenvalue weighted by molar-refractivity contribution is 7.99. The molecule has 0 spiro atoms. The normalized spacial score (nSPS) is 17.0. The zero-order chi connectivity index (χ0) is 32.3. The van der Waals surface area contributed by atoms with E-state index in [0.717, 1.165) is 37.3 Å². The van der Waals surface area contributed by atoms with Gasteiger partial charge in [0, 0.05) is 40.9 Å². The molecule has 1 fully saturated rings.